The van der Waals surface area contributed by atoms with Crippen molar-refractivity contribution in [2.75, 3.05) is 27.4 Å². The minimum absolute atomic E-state index is 0.0895. The minimum atomic E-state index is -0.876. The van der Waals surface area contributed by atoms with Gasteiger partial charge in [0.05, 0.1) is 33.5 Å². The van der Waals surface area contributed by atoms with Crippen molar-refractivity contribution in [3.05, 3.63) is 11.8 Å². The maximum atomic E-state index is 11.8. The van der Waals surface area contributed by atoms with Crippen molar-refractivity contribution in [3.8, 4) is 18.0 Å². The molecule has 0 fully saturated rings. The average molecular weight is 327 g/mol. The Morgan fingerprint density at radius 3 is 1.91 bits per heavy atom. The van der Waals surface area contributed by atoms with E-state index >= 15 is 0 Å². The molecule has 0 saturated carbocycles. The summed E-state index contributed by atoms with van der Waals surface area (Å²) in [6, 6.07) is -0.491. The Bertz CT molecular complexity index is 567. The second-order valence-electron chi connectivity index (χ2n) is 3.67. The smallest absolute Gasteiger partial charge is 0.374 e. The van der Waals surface area contributed by atoms with Crippen LogP contribution in [0.5, 0.6) is 18.0 Å². The monoisotopic (exact) mass is 327 g/mol. The van der Waals surface area contributed by atoms with Crippen molar-refractivity contribution in [1.82, 2.24) is 15.0 Å². The summed E-state index contributed by atoms with van der Waals surface area (Å²) in [6.07, 6.45) is 0.838. The molecule has 0 aliphatic carbocycles. The van der Waals surface area contributed by atoms with Gasteiger partial charge in [0.1, 0.15) is 0 Å². The number of carbonyl (C=O) groups is 2. The summed E-state index contributed by atoms with van der Waals surface area (Å²) in [5, 5.41) is 0. The van der Waals surface area contributed by atoms with Crippen LogP contribution in [0.1, 0.15) is 13.8 Å². The fraction of sp³-hybridized carbons (Fsp3) is 0.462. The van der Waals surface area contributed by atoms with E-state index in [1.165, 1.54) is 14.2 Å². The van der Waals surface area contributed by atoms with Gasteiger partial charge in [-0.25, -0.2) is 9.59 Å². The Kier molecular flexibility index (Phi) is 7.24. The summed E-state index contributed by atoms with van der Waals surface area (Å²) in [4.78, 5) is 34.7. The van der Waals surface area contributed by atoms with Gasteiger partial charge >= 0.3 is 30.0 Å². The molecule has 1 heterocycles. The van der Waals surface area contributed by atoms with Gasteiger partial charge in [0.2, 0.25) is 5.76 Å². The van der Waals surface area contributed by atoms with E-state index in [0.717, 1.165) is 6.08 Å². The molecule has 0 bridgehead atoms. The lowest BCUT2D eigenvalue weighted by molar-refractivity contribution is -0.143. The SMILES string of the molecule is CCOC(=O)/C=C(\Oc1nc(OC)nc(OC)n1)C(=O)OCC. The topological polar surface area (TPSA) is 119 Å². The summed E-state index contributed by atoms with van der Waals surface area (Å²) in [5.74, 6) is -2.09. The zero-order chi connectivity index (χ0) is 17.2. The van der Waals surface area contributed by atoms with Crippen molar-refractivity contribution >= 4 is 11.9 Å². The highest BCUT2D eigenvalue weighted by Crippen LogP contribution is 2.16. The minimum Gasteiger partial charge on any atom is -0.467 e. The fourth-order valence-corrected chi connectivity index (χ4v) is 1.27. The second kappa shape index (κ2) is 9.18. The molecule has 10 heteroatoms. The average Bonchev–Trinajstić information content (AvgIpc) is 2.54. The van der Waals surface area contributed by atoms with E-state index < -0.39 is 17.7 Å². The molecule has 126 valence electrons. The highest BCUT2D eigenvalue weighted by atomic mass is 16.6. The van der Waals surface area contributed by atoms with Crippen molar-refractivity contribution in [1.29, 1.82) is 0 Å². The van der Waals surface area contributed by atoms with E-state index in [2.05, 4.69) is 15.0 Å². The van der Waals surface area contributed by atoms with Crippen LogP contribution in [-0.4, -0.2) is 54.3 Å². The van der Waals surface area contributed by atoms with Gasteiger partial charge in [0.25, 0.3) is 0 Å². The maximum Gasteiger partial charge on any atom is 0.374 e. The summed E-state index contributed by atoms with van der Waals surface area (Å²) in [5.41, 5.74) is 0. The van der Waals surface area contributed by atoms with Gasteiger partial charge in [-0.2, -0.15) is 0 Å². The van der Waals surface area contributed by atoms with Crippen molar-refractivity contribution in [3.63, 3.8) is 0 Å². The molecule has 0 atom stereocenters. The van der Waals surface area contributed by atoms with Crippen LogP contribution >= 0.6 is 0 Å². The first kappa shape index (κ1) is 18.1. The van der Waals surface area contributed by atoms with Crippen LogP contribution in [0.4, 0.5) is 0 Å². The molecule has 0 amide bonds. The van der Waals surface area contributed by atoms with Crippen LogP contribution in [0.25, 0.3) is 0 Å². The predicted octanol–water partition coefficient (Wildman–Crippen LogP) is 0.278. The summed E-state index contributed by atoms with van der Waals surface area (Å²) in [7, 11) is 2.67. The molecule has 1 aromatic rings. The molecule has 0 radical (unpaired) electrons. The van der Waals surface area contributed by atoms with Gasteiger partial charge in [-0.3, -0.25) is 0 Å². The number of ether oxygens (including phenoxy) is 5. The highest BCUT2D eigenvalue weighted by Gasteiger charge is 2.19. The number of rotatable bonds is 8. The third-order valence-electron chi connectivity index (χ3n) is 2.15. The number of hydrogen-bond acceptors (Lipinski definition) is 10. The van der Waals surface area contributed by atoms with Gasteiger partial charge in [-0.15, -0.1) is 15.0 Å². The van der Waals surface area contributed by atoms with E-state index in [1.807, 2.05) is 0 Å². The first-order chi connectivity index (χ1) is 11.0. The maximum absolute atomic E-state index is 11.8. The molecule has 0 saturated heterocycles. The summed E-state index contributed by atoms with van der Waals surface area (Å²) >= 11 is 0. The molecule has 0 aliphatic rings. The third kappa shape index (κ3) is 5.77. The summed E-state index contributed by atoms with van der Waals surface area (Å²) < 4.78 is 24.4. The Morgan fingerprint density at radius 1 is 0.913 bits per heavy atom. The van der Waals surface area contributed by atoms with Gasteiger partial charge in [-0.05, 0) is 13.8 Å². The largest absolute Gasteiger partial charge is 0.467 e. The molecule has 0 N–H and O–H groups in total. The fourth-order valence-electron chi connectivity index (χ4n) is 1.27. The lowest BCUT2D eigenvalue weighted by Crippen LogP contribution is -2.17. The molecular weight excluding hydrogens is 310 g/mol. The normalized spacial score (nSPS) is 10.7. The summed E-state index contributed by atoms with van der Waals surface area (Å²) in [6.45, 7) is 3.46. The van der Waals surface area contributed by atoms with Gasteiger partial charge in [-0.1, -0.05) is 0 Å². The molecule has 23 heavy (non-hydrogen) atoms. The molecule has 0 unspecified atom stereocenters. The van der Waals surface area contributed by atoms with Gasteiger partial charge in [0.15, 0.2) is 0 Å². The molecule has 0 aromatic carbocycles. The first-order valence-corrected chi connectivity index (χ1v) is 6.61. The van der Waals surface area contributed by atoms with Crippen LogP contribution < -0.4 is 14.2 Å². The molecule has 1 aromatic heterocycles. The zero-order valence-electron chi connectivity index (χ0n) is 13.2. The Labute approximate surface area is 132 Å². The number of methoxy groups -OCH3 is 2. The lowest BCUT2D eigenvalue weighted by atomic mass is 10.4. The Balaban J connectivity index is 3.09. The molecule has 0 aliphatic heterocycles. The number of hydrogen-bond donors (Lipinski definition) is 0. The van der Waals surface area contributed by atoms with E-state index in [1.54, 1.807) is 13.8 Å². The Hall–Kier alpha value is -2.91. The highest BCUT2D eigenvalue weighted by molar-refractivity contribution is 5.95. The van der Waals surface area contributed by atoms with E-state index in [-0.39, 0.29) is 31.2 Å². The second-order valence-corrected chi connectivity index (χ2v) is 3.67. The van der Waals surface area contributed by atoms with Crippen LogP contribution in [0.3, 0.4) is 0 Å². The number of aromatic nitrogens is 3. The molecule has 1 rings (SSSR count). The number of esters is 2. The molecular formula is C13H17N3O7. The van der Waals surface area contributed by atoms with Crippen molar-refractivity contribution in [2.45, 2.75) is 13.8 Å². The number of nitrogens with zero attached hydrogens (tertiary/aromatic N) is 3. The van der Waals surface area contributed by atoms with Crippen LogP contribution in [-0.2, 0) is 19.1 Å². The number of carbonyl (C=O) groups excluding carboxylic acids is 2. The van der Waals surface area contributed by atoms with Crippen LogP contribution in [0.2, 0.25) is 0 Å². The molecule has 0 spiro atoms. The van der Waals surface area contributed by atoms with E-state index in [0.29, 0.717) is 0 Å². The van der Waals surface area contributed by atoms with E-state index in [9.17, 15) is 9.59 Å². The first-order valence-electron chi connectivity index (χ1n) is 6.61. The lowest BCUT2D eigenvalue weighted by Gasteiger charge is -2.09. The molecule has 10 nitrogen and oxygen atoms in total. The Morgan fingerprint density at radius 2 is 1.43 bits per heavy atom. The van der Waals surface area contributed by atoms with Crippen molar-refractivity contribution in [2.24, 2.45) is 0 Å². The quantitative estimate of drug-likeness (QED) is 0.374. The van der Waals surface area contributed by atoms with Crippen LogP contribution in [0.15, 0.2) is 11.8 Å². The van der Waals surface area contributed by atoms with Crippen LogP contribution in [0, 0.1) is 0 Å². The standard InChI is InChI=1S/C13H17N3O7/c1-5-21-9(17)7-8(10(18)22-6-2)23-13-15-11(19-3)14-12(16-13)20-4/h7H,5-6H2,1-4H3/b8-7-. The van der Waals surface area contributed by atoms with Crippen molar-refractivity contribution < 1.29 is 33.3 Å². The third-order valence-corrected chi connectivity index (χ3v) is 2.15. The van der Waals surface area contributed by atoms with Gasteiger partial charge < -0.3 is 23.7 Å². The zero-order valence-corrected chi connectivity index (χ0v) is 13.2. The predicted molar refractivity (Wildman–Crippen MR) is 74.9 cm³/mol. The van der Waals surface area contributed by atoms with Gasteiger partial charge in [0, 0.05) is 0 Å². The van der Waals surface area contributed by atoms with E-state index in [4.69, 9.17) is 23.7 Å².